The van der Waals surface area contributed by atoms with Gasteiger partial charge in [-0.3, -0.25) is 0 Å². The highest BCUT2D eigenvalue weighted by atomic mass is 79.9. The van der Waals surface area contributed by atoms with E-state index in [9.17, 15) is 0 Å². The summed E-state index contributed by atoms with van der Waals surface area (Å²) in [5.74, 6) is 0.542. The van der Waals surface area contributed by atoms with E-state index in [4.69, 9.17) is 4.74 Å². The molecule has 0 bridgehead atoms. The van der Waals surface area contributed by atoms with Crippen LogP contribution >= 0.6 is 27.3 Å². The SMILES string of the molecule is Brc1ccc2c(c1)[C@@H]1OCC[C@@H]1[C@H](c1cccs1)N2. The highest BCUT2D eigenvalue weighted by Gasteiger charge is 2.41. The molecule has 98 valence electrons. The molecule has 19 heavy (non-hydrogen) atoms. The fourth-order valence-electron chi connectivity index (χ4n) is 3.19. The van der Waals surface area contributed by atoms with Gasteiger partial charge in [0.2, 0.25) is 0 Å². The predicted molar refractivity (Wildman–Crippen MR) is 81.6 cm³/mol. The molecule has 1 fully saturated rings. The zero-order chi connectivity index (χ0) is 12.8. The topological polar surface area (TPSA) is 21.3 Å². The molecule has 0 unspecified atom stereocenters. The van der Waals surface area contributed by atoms with Gasteiger partial charge in [-0.15, -0.1) is 11.3 Å². The average Bonchev–Trinajstić information content (AvgIpc) is 3.09. The maximum absolute atomic E-state index is 6.01. The monoisotopic (exact) mass is 335 g/mol. The summed E-state index contributed by atoms with van der Waals surface area (Å²) in [5.41, 5.74) is 2.51. The minimum atomic E-state index is 0.237. The zero-order valence-corrected chi connectivity index (χ0v) is 12.7. The number of anilines is 1. The maximum atomic E-state index is 6.01. The van der Waals surface area contributed by atoms with E-state index in [1.807, 2.05) is 11.3 Å². The molecule has 4 heteroatoms. The Balaban J connectivity index is 1.80. The molecule has 0 saturated carbocycles. The normalized spacial score (nSPS) is 28.6. The van der Waals surface area contributed by atoms with Gasteiger partial charge in [0.05, 0.1) is 12.1 Å². The molecule has 0 radical (unpaired) electrons. The lowest BCUT2D eigenvalue weighted by Crippen LogP contribution is -2.28. The number of hydrogen-bond acceptors (Lipinski definition) is 3. The molecule has 0 aliphatic carbocycles. The van der Waals surface area contributed by atoms with Crippen LogP contribution in [0.25, 0.3) is 0 Å². The van der Waals surface area contributed by atoms with Crippen molar-refractivity contribution in [3.05, 3.63) is 50.6 Å². The van der Waals surface area contributed by atoms with E-state index in [2.05, 4.69) is 57.0 Å². The largest absolute Gasteiger partial charge is 0.377 e. The van der Waals surface area contributed by atoms with Gasteiger partial charge in [-0.2, -0.15) is 0 Å². The van der Waals surface area contributed by atoms with Crippen LogP contribution in [0.3, 0.4) is 0 Å². The minimum absolute atomic E-state index is 0.237. The number of nitrogens with one attached hydrogen (secondary N) is 1. The number of thiophene rings is 1. The second-order valence-electron chi connectivity index (χ2n) is 5.11. The lowest BCUT2D eigenvalue weighted by Gasteiger charge is -2.35. The molecule has 1 N–H and O–H groups in total. The Labute approximate surface area is 124 Å². The number of hydrogen-bond donors (Lipinski definition) is 1. The Kier molecular flexibility index (Phi) is 2.90. The molecular weight excluding hydrogens is 322 g/mol. The summed E-state index contributed by atoms with van der Waals surface area (Å²) in [7, 11) is 0. The van der Waals surface area contributed by atoms with Gasteiger partial charge in [-0.05, 0) is 36.1 Å². The minimum Gasteiger partial charge on any atom is -0.377 e. The van der Waals surface area contributed by atoms with Crippen molar-refractivity contribution in [3.63, 3.8) is 0 Å². The molecule has 3 atom stereocenters. The third kappa shape index (κ3) is 1.93. The molecule has 0 spiro atoms. The maximum Gasteiger partial charge on any atom is 0.0897 e. The van der Waals surface area contributed by atoms with Gasteiger partial charge < -0.3 is 10.1 Å². The first-order chi connectivity index (χ1) is 9.33. The molecule has 4 rings (SSSR count). The number of halogens is 1. The summed E-state index contributed by atoms with van der Waals surface area (Å²) in [6, 6.07) is 11.2. The van der Waals surface area contributed by atoms with E-state index in [0.717, 1.165) is 17.5 Å². The second-order valence-corrected chi connectivity index (χ2v) is 7.01. The molecule has 2 aromatic rings. The fourth-order valence-corrected chi connectivity index (χ4v) is 4.42. The van der Waals surface area contributed by atoms with Gasteiger partial charge in [0.15, 0.2) is 0 Å². The third-order valence-electron chi connectivity index (χ3n) is 4.05. The molecule has 2 aliphatic heterocycles. The van der Waals surface area contributed by atoms with Gasteiger partial charge in [-0.1, -0.05) is 22.0 Å². The van der Waals surface area contributed by atoms with Crippen molar-refractivity contribution < 1.29 is 4.74 Å². The van der Waals surface area contributed by atoms with Gasteiger partial charge in [-0.25, -0.2) is 0 Å². The summed E-state index contributed by atoms with van der Waals surface area (Å²) < 4.78 is 7.13. The summed E-state index contributed by atoms with van der Waals surface area (Å²) in [6.07, 6.45) is 1.37. The molecule has 1 aromatic heterocycles. The number of benzene rings is 1. The number of rotatable bonds is 1. The van der Waals surface area contributed by atoms with Crippen LogP contribution in [0, 0.1) is 5.92 Å². The molecule has 2 nitrogen and oxygen atoms in total. The van der Waals surface area contributed by atoms with E-state index in [1.54, 1.807) is 0 Å². The molecule has 1 aromatic carbocycles. The van der Waals surface area contributed by atoms with Crippen LogP contribution in [-0.4, -0.2) is 6.61 Å². The average molecular weight is 336 g/mol. The molecular formula is C15H14BrNOS. The highest BCUT2D eigenvalue weighted by Crippen LogP contribution is 2.50. The fraction of sp³-hybridized carbons (Fsp3) is 0.333. The Morgan fingerprint density at radius 3 is 3.11 bits per heavy atom. The third-order valence-corrected chi connectivity index (χ3v) is 5.50. The quantitative estimate of drug-likeness (QED) is 0.811. The Morgan fingerprint density at radius 2 is 2.26 bits per heavy atom. The zero-order valence-electron chi connectivity index (χ0n) is 10.3. The van der Waals surface area contributed by atoms with Crippen molar-refractivity contribution in [1.82, 2.24) is 0 Å². The number of fused-ring (bicyclic) bond motifs is 3. The lowest BCUT2D eigenvalue weighted by atomic mass is 9.83. The van der Waals surface area contributed by atoms with E-state index in [-0.39, 0.29) is 6.10 Å². The summed E-state index contributed by atoms with van der Waals surface area (Å²) in [6.45, 7) is 0.866. The number of ether oxygens (including phenoxy) is 1. The van der Waals surface area contributed by atoms with Gasteiger partial charge >= 0.3 is 0 Å². The molecule has 0 amide bonds. The van der Waals surface area contributed by atoms with Crippen molar-refractivity contribution in [1.29, 1.82) is 0 Å². The van der Waals surface area contributed by atoms with E-state index < -0.39 is 0 Å². The van der Waals surface area contributed by atoms with Gasteiger partial charge in [0.25, 0.3) is 0 Å². The van der Waals surface area contributed by atoms with Crippen molar-refractivity contribution in [2.75, 3.05) is 11.9 Å². The standard InChI is InChI=1S/C15H14BrNOS/c16-9-3-4-12-11(8-9)15-10(5-6-18-15)14(17-12)13-2-1-7-19-13/h1-4,7-8,10,14-15,17H,5-6H2/t10-,14-,15-/m1/s1. The van der Waals surface area contributed by atoms with Crippen molar-refractivity contribution >= 4 is 33.0 Å². The summed E-state index contributed by atoms with van der Waals surface area (Å²) >= 11 is 5.39. The van der Waals surface area contributed by atoms with Gasteiger partial charge in [0, 0.05) is 33.1 Å². The van der Waals surface area contributed by atoms with Crippen molar-refractivity contribution in [2.45, 2.75) is 18.6 Å². The molecule has 2 aliphatic rings. The Hall–Kier alpha value is -0.840. The van der Waals surface area contributed by atoms with Crippen LogP contribution in [0.15, 0.2) is 40.2 Å². The van der Waals surface area contributed by atoms with Crippen LogP contribution in [0.4, 0.5) is 5.69 Å². The van der Waals surface area contributed by atoms with E-state index in [0.29, 0.717) is 12.0 Å². The first-order valence-electron chi connectivity index (χ1n) is 6.54. The lowest BCUT2D eigenvalue weighted by molar-refractivity contribution is 0.0832. The van der Waals surface area contributed by atoms with Crippen LogP contribution in [0.1, 0.15) is 29.0 Å². The highest BCUT2D eigenvalue weighted by molar-refractivity contribution is 9.10. The van der Waals surface area contributed by atoms with Crippen LogP contribution in [0.2, 0.25) is 0 Å². The summed E-state index contributed by atoms with van der Waals surface area (Å²) in [4.78, 5) is 1.41. The summed E-state index contributed by atoms with van der Waals surface area (Å²) in [5, 5.41) is 5.86. The predicted octanol–water partition coefficient (Wildman–Crippen LogP) is 4.76. The Morgan fingerprint density at radius 1 is 1.32 bits per heavy atom. The van der Waals surface area contributed by atoms with Crippen LogP contribution in [0.5, 0.6) is 0 Å². The molecule has 1 saturated heterocycles. The first kappa shape index (κ1) is 11.9. The van der Waals surface area contributed by atoms with Gasteiger partial charge in [0.1, 0.15) is 0 Å². The smallest absolute Gasteiger partial charge is 0.0897 e. The van der Waals surface area contributed by atoms with E-state index in [1.165, 1.54) is 16.1 Å². The van der Waals surface area contributed by atoms with Crippen LogP contribution in [-0.2, 0) is 4.74 Å². The van der Waals surface area contributed by atoms with Crippen molar-refractivity contribution in [3.8, 4) is 0 Å². The molecule has 3 heterocycles. The first-order valence-corrected chi connectivity index (χ1v) is 8.21. The van der Waals surface area contributed by atoms with Crippen molar-refractivity contribution in [2.24, 2.45) is 5.92 Å². The van der Waals surface area contributed by atoms with E-state index >= 15 is 0 Å². The second kappa shape index (κ2) is 4.62. The van der Waals surface area contributed by atoms with Crippen LogP contribution < -0.4 is 5.32 Å². The Bertz CT molecular complexity index is 598.